The van der Waals surface area contributed by atoms with Gasteiger partial charge in [0.1, 0.15) is 0 Å². The van der Waals surface area contributed by atoms with Gasteiger partial charge >= 0.3 is 0 Å². The van der Waals surface area contributed by atoms with E-state index < -0.39 is 0 Å². The van der Waals surface area contributed by atoms with Crippen molar-refractivity contribution >= 4 is 0 Å². The van der Waals surface area contributed by atoms with E-state index in [1.54, 1.807) is 0 Å². The molecule has 1 atom stereocenters. The van der Waals surface area contributed by atoms with Crippen molar-refractivity contribution in [3.8, 4) is 0 Å². The molecule has 1 aliphatic rings. The van der Waals surface area contributed by atoms with Crippen LogP contribution in [0, 0.1) is 0 Å². The van der Waals surface area contributed by atoms with Crippen molar-refractivity contribution in [2.75, 3.05) is 19.7 Å². The van der Waals surface area contributed by atoms with Gasteiger partial charge in [0.25, 0.3) is 0 Å². The number of nitrogens with two attached hydrogens (primary N) is 1. The van der Waals surface area contributed by atoms with Crippen molar-refractivity contribution < 1.29 is 4.74 Å². The highest BCUT2D eigenvalue weighted by Gasteiger charge is 2.44. The van der Waals surface area contributed by atoms with Crippen LogP contribution in [0.15, 0.2) is 0 Å². The highest BCUT2D eigenvalue weighted by Crippen LogP contribution is 2.37. The largest absolute Gasteiger partial charge is 0.375 e. The first-order valence-electron chi connectivity index (χ1n) is 7.98. The first-order chi connectivity index (χ1) is 8.87. The molecule has 1 aliphatic heterocycles. The standard InChI is InChI=1S/C16H34N2O/c1-6-7-8-10-18(14(2)3)16(13-17)9-11-19-15(4,5)12-16/h14H,6-13,17H2,1-5H3. The molecule has 0 radical (unpaired) electrons. The van der Waals surface area contributed by atoms with Gasteiger partial charge in [-0.3, -0.25) is 4.90 Å². The zero-order valence-corrected chi connectivity index (χ0v) is 13.7. The summed E-state index contributed by atoms with van der Waals surface area (Å²) in [5, 5.41) is 0. The molecule has 0 spiro atoms. The molecule has 3 heteroatoms. The lowest BCUT2D eigenvalue weighted by Crippen LogP contribution is -2.62. The Labute approximate surface area is 119 Å². The molecule has 0 aromatic heterocycles. The maximum Gasteiger partial charge on any atom is 0.0644 e. The third-order valence-electron chi connectivity index (χ3n) is 4.43. The third kappa shape index (κ3) is 4.44. The van der Waals surface area contributed by atoms with E-state index >= 15 is 0 Å². The second-order valence-corrected chi connectivity index (χ2v) is 6.96. The lowest BCUT2D eigenvalue weighted by atomic mass is 9.79. The van der Waals surface area contributed by atoms with Crippen LogP contribution in [-0.4, -0.2) is 41.8 Å². The second kappa shape index (κ2) is 7.05. The summed E-state index contributed by atoms with van der Waals surface area (Å²) in [6.07, 6.45) is 5.97. The Hall–Kier alpha value is -0.120. The Bertz CT molecular complexity index is 265. The normalized spacial score (nSPS) is 27.2. The molecule has 0 aromatic carbocycles. The summed E-state index contributed by atoms with van der Waals surface area (Å²) < 4.78 is 5.90. The summed E-state index contributed by atoms with van der Waals surface area (Å²) in [5.41, 5.74) is 6.29. The van der Waals surface area contributed by atoms with Crippen molar-refractivity contribution in [3.05, 3.63) is 0 Å². The SMILES string of the molecule is CCCCCN(C(C)C)C1(CN)CCOC(C)(C)C1. The molecule has 0 aromatic rings. The van der Waals surface area contributed by atoms with Crippen LogP contribution < -0.4 is 5.73 Å². The maximum absolute atomic E-state index is 6.21. The van der Waals surface area contributed by atoms with Gasteiger partial charge < -0.3 is 10.5 Å². The number of nitrogens with zero attached hydrogens (tertiary/aromatic N) is 1. The minimum atomic E-state index is -0.0461. The summed E-state index contributed by atoms with van der Waals surface area (Å²) in [4.78, 5) is 2.65. The van der Waals surface area contributed by atoms with Crippen LogP contribution >= 0.6 is 0 Å². The van der Waals surface area contributed by atoms with Crippen LogP contribution in [0.4, 0.5) is 0 Å². The van der Waals surface area contributed by atoms with E-state index in [9.17, 15) is 0 Å². The van der Waals surface area contributed by atoms with Gasteiger partial charge in [0, 0.05) is 24.7 Å². The molecule has 1 unspecified atom stereocenters. The smallest absolute Gasteiger partial charge is 0.0644 e. The molecule has 1 saturated heterocycles. The monoisotopic (exact) mass is 270 g/mol. The first-order valence-corrected chi connectivity index (χ1v) is 7.98. The highest BCUT2D eigenvalue weighted by atomic mass is 16.5. The van der Waals surface area contributed by atoms with Crippen molar-refractivity contribution in [3.63, 3.8) is 0 Å². The summed E-state index contributed by atoms with van der Waals surface area (Å²) in [7, 11) is 0. The van der Waals surface area contributed by atoms with Crippen molar-refractivity contribution in [1.82, 2.24) is 4.90 Å². The number of rotatable bonds is 7. The molecule has 114 valence electrons. The van der Waals surface area contributed by atoms with Gasteiger partial charge in [-0.15, -0.1) is 0 Å². The van der Waals surface area contributed by atoms with E-state index in [0.29, 0.717) is 6.04 Å². The van der Waals surface area contributed by atoms with Gasteiger partial charge in [-0.1, -0.05) is 19.8 Å². The Balaban J connectivity index is 2.82. The predicted octanol–water partition coefficient (Wildman–Crippen LogP) is 3.17. The summed E-state index contributed by atoms with van der Waals surface area (Å²) in [6.45, 7) is 14.0. The molecule has 2 N–H and O–H groups in total. The Morgan fingerprint density at radius 3 is 2.42 bits per heavy atom. The molecule has 19 heavy (non-hydrogen) atoms. The van der Waals surface area contributed by atoms with E-state index in [2.05, 4.69) is 39.5 Å². The Morgan fingerprint density at radius 2 is 1.95 bits per heavy atom. The predicted molar refractivity (Wildman–Crippen MR) is 82.4 cm³/mol. The molecule has 0 bridgehead atoms. The van der Waals surface area contributed by atoms with Crippen molar-refractivity contribution in [2.45, 2.75) is 83.9 Å². The van der Waals surface area contributed by atoms with Crippen LogP contribution in [0.25, 0.3) is 0 Å². The van der Waals surface area contributed by atoms with Gasteiger partial charge in [0.15, 0.2) is 0 Å². The zero-order valence-electron chi connectivity index (χ0n) is 13.7. The maximum atomic E-state index is 6.21. The van der Waals surface area contributed by atoms with E-state index in [1.807, 2.05) is 0 Å². The molecule has 0 saturated carbocycles. The highest BCUT2D eigenvalue weighted by molar-refractivity contribution is 5.00. The molecule has 3 nitrogen and oxygen atoms in total. The second-order valence-electron chi connectivity index (χ2n) is 6.96. The van der Waals surface area contributed by atoms with Crippen LogP contribution in [-0.2, 0) is 4.74 Å². The average Bonchev–Trinajstić information content (AvgIpc) is 2.32. The van der Waals surface area contributed by atoms with Gasteiger partial charge in [-0.2, -0.15) is 0 Å². The minimum absolute atomic E-state index is 0.0461. The molecule has 0 aliphatic carbocycles. The molecule has 1 fully saturated rings. The number of hydrogen-bond acceptors (Lipinski definition) is 3. The van der Waals surface area contributed by atoms with Crippen LogP contribution in [0.5, 0.6) is 0 Å². The summed E-state index contributed by atoms with van der Waals surface area (Å²) >= 11 is 0. The topological polar surface area (TPSA) is 38.5 Å². The lowest BCUT2D eigenvalue weighted by molar-refractivity contribution is -0.124. The van der Waals surface area contributed by atoms with Crippen molar-refractivity contribution in [2.24, 2.45) is 5.73 Å². The molecule has 1 rings (SSSR count). The Kier molecular flexibility index (Phi) is 6.28. The van der Waals surface area contributed by atoms with Gasteiger partial charge in [0.05, 0.1) is 5.60 Å². The van der Waals surface area contributed by atoms with E-state index in [1.165, 1.54) is 25.8 Å². The fourth-order valence-corrected chi connectivity index (χ4v) is 3.56. The number of hydrogen-bond donors (Lipinski definition) is 1. The van der Waals surface area contributed by atoms with Crippen LogP contribution in [0.3, 0.4) is 0 Å². The minimum Gasteiger partial charge on any atom is -0.375 e. The Morgan fingerprint density at radius 1 is 1.26 bits per heavy atom. The van der Waals surface area contributed by atoms with E-state index in [4.69, 9.17) is 10.5 Å². The third-order valence-corrected chi connectivity index (χ3v) is 4.43. The van der Waals surface area contributed by atoms with Gasteiger partial charge in [0.2, 0.25) is 0 Å². The molecular formula is C16H34N2O. The van der Waals surface area contributed by atoms with Gasteiger partial charge in [-0.05, 0) is 53.5 Å². The fraction of sp³-hybridized carbons (Fsp3) is 1.00. The summed E-state index contributed by atoms with van der Waals surface area (Å²) in [5.74, 6) is 0. The van der Waals surface area contributed by atoms with Crippen molar-refractivity contribution in [1.29, 1.82) is 0 Å². The lowest BCUT2D eigenvalue weighted by Gasteiger charge is -2.52. The van der Waals surface area contributed by atoms with Crippen LogP contribution in [0.1, 0.15) is 66.7 Å². The van der Waals surface area contributed by atoms with E-state index in [0.717, 1.165) is 26.0 Å². The number of ether oxygens (including phenoxy) is 1. The first kappa shape index (κ1) is 16.9. The average molecular weight is 270 g/mol. The summed E-state index contributed by atoms with van der Waals surface area (Å²) in [6, 6.07) is 0.550. The van der Waals surface area contributed by atoms with E-state index in [-0.39, 0.29) is 11.1 Å². The quantitative estimate of drug-likeness (QED) is 0.722. The zero-order chi connectivity index (χ0) is 14.5. The van der Waals surface area contributed by atoms with Gasteiger partial charge in [-0.25, -0.2) is 0 Å². The number of unbranched alkanes of at least 4 members (excludes halogenated alkanes) is 2. The molecular weight excluding hydrogens is 236 g/mol. The fourth-order valence-electron chi connectivity index (χ4n) is 3.56. The van der Waals surface area contributed by atoms with Crippen LogP contribution in [0.2, 0.25) is 0 Å². The molecule has 1 heterocycles. The molecule has 0 amide bonds.